The largest absolute Gasteiger partial charge is 0.333 e. The van der Waals surface area contributed by atoms with Gasteiger partial charge in [0.25, 0.3) is 0 Å². The number of hydrogen-bond donors (Lipinski definition) is 1. The van der Waals surface area contributed by atoms with Crippen LogP contribution in [0.15, 0.2) is 0 Å². The van der Waals surface area contributed by atoms with Crippen LogP contribution in [0.4, 0.5) is 0 Å². The molecule has 2 N–H and O–H groups in total. The average molecular weight is 57.1 g/mol. The quantitative estimate of drug-likeness (QED) is 0.384. The Bertz CT molecular complexity index is 8.00. The Labute approximate surface area is 26.8 Å². The Morgan fingerprint density at radius 3 is 1.25 bits per heavy atom. The van der Waals surface area contributed by atoms with Crippen LogP contribution in [0.25, 0.3) is 0 Å². The summed E-state index contributed by atoms with van der Waals surface area (Å²) in [5.74, 6) is 0. The lowest BCUT2D eigenvalue weighted by Gasteiger charge is -1.19. The number of hydrogen-bond acceptors (Lipinski definition) is 1. The molecule has 1 heteroatoms. The van der Waals surface area contributed by atoms with Gasteiger partial charge >= 0.3 is 0 Å². The highest BCUT2D eigenvalue weighted by atomic mass is 14.4. The zero-order valence-electron chi connectivity index (χ0n) is 2.73. The molecular weight excluding hydrogens is 50.0 g/mol. The van der Waals surface area contributed by atoms with Gasteiger partial charge in [-0.3, -0.25) is 0 Å². The summed E-state index contributed by atoms with van der Waals surface area (Å²) in [6, 6.07) is 0. The highest BCUT2D eigenvalue weighted by Gasteiger charge is 0.836. The van der Waals surface area contributed by atoms with E-state index in [0.717, 1.165) is 0 Å². The van der Waals surface area contributed by atoms with Crippen molar-refractivity contribution in [3.8, 4) is 12.8 Å². The van der Waals surface area contributed by atoms with Crippen LogP contribution in [-0.4, -0.2) is 7.05 Å². The second kappa shape index (κ2) is 25.3. The Morgan fingerprint density at radius 2 is 1.25 bits per heavy atom. The van der Waals surface area contributed by atoms with Gasteiger partial charge in [-0.1, -0.05) is 0 Å². The fraction of sp³-hybridized carbons (Fsp3) is 0.333. The predicted octanol–water partition coefficient (Wildman–Crippen LogP) is -0.176. The summed E-state index contributed by atoms with van der Waals surface area (Å²) in [5.41, 5.74) is 4.50. The van der Waals surface area contributed by atoms with Crippen molar-refractivity contribution in [2.75, 3.05) is 7.05 Å². The monoisotopic (exact) mass is 57.1 g/mol. The van der Waals surface area contributed by atoms with Crippen LogP contribution in [0.1, 0.15) is 0 Å². The third-order valence-electron chi connectivity index (χ3n) is 0. The van der Waals surface area contributed by atoms with Crippen LogP contribution in [0.5, 0.6) is 0 Å². The molecule has 0 saturated carbocycles. The Morgan fingerprint density at radius 1 is 1.25 bits per heavy atom. The molecule has 0 unspecified atom stereocenters. The maximum atomic E-state index is 4.50. The van der Waals surface area contributed by atoms with Crippen LogP contribution >= 0.6 is 0 Å². The standard InChI is InChI=1S/C2H2.CH5N/c2*1-2/h1-2H;2H2,1H3. The highest BCUT2D eigenvalue weighted by molar-refractivity contribution is 4.47. The van der Waals surface area contributed by atoms with E-state index in [1.54, 1.807) is 0 Å². The van der Waals surface area contributed by atoms with Gasteiger partial charge in [0.2, 0.25) is 0 Å². The maximum Gasteiger partial charge on any atom is -0.0195 e. The van der Waals surface area contributed by atoms with Gasteiger partial charge in [-0.05, 0) is 7.05 Å². The lowest BCUT2D eigenvalue weighted by Crippen LogP contribution is -1.69. The zero-order chi connectivity index (χ0) is 4.00. The van der Waals surface area contributed by atoms with E-state index in [2.05, 4.69) is 18.6 Å². The van der Waals surface area contributed by atoms with Gasteiger partial charge < -0.3 is 5.73 Å². The molecule has 0 aromatic carbocycles. The van der Waals surface area contributed by atoms with Crippen molar-refractivity contribution in [3.63, 3.8) is 0 Å². The first-order chi connectivity index (χ1) is 2.00. The highest BCUT2D eigenvalue weighted by Crippen LogP contribution is 0.579. The Hall–Kier alpha value is -0.480. The Balaban J connectivity index is 0. The first-order valence-corrected chi connectivity index (χ1v) is 0.911. The molecule has 1 nitrogen and oxygen atoms in total. The van der Waals surface area contributed by atoms with Crippen molar-refractivity contribution in [2.24, 2.45) is 5.73 Å². The molecule has 0 aromatic heterocycles. The molecule has 0 aliphatic carbocycles. The normalized spacial score (nSPS) is 2.00. The summed E-state index contributed by atoms with van der Waals surface area (Å²) in [4.78, 5) is 0. The van der Waals surface area contributed by atoms with E-state index in [-0.39, 0.29) is 0 Å². The van der Waals surface area contributed by atoms with E-state index in [1.165, 1.54) is 7.05 Å². The Kier molecular flexibility index (Phi) is 61.1. The van der Waals surface area contributed by atoms with E-state index in [0.29, 0.717) is 0 Å². The van der Waals surface area contributed by atoms with E-state index in [9.17, 15) is 0 Å². The van der Waals surface area contributed by atoms with Gasteiger partial charge in [0, 0.05) is 0 Å². The molecule has 0 spiro atoms. The molecule has 0 saturated heterocycles. The van der Waals surface area contributed by atoms with E-state index in [1.807, 2.05) is 0 Å². The minimum atomic E-state index is 1.50. The van der Waals surface area contributed by atoms with E-state index >= 15 is 0 Å². The molecule has 0 bridgehead atoms. The van der Waals surface area contributed by atoms with Gasteiger partial charge in [-0.2, -0.15) is 0 Å². The molecule has 0 amide bonds. The predicted molar refractivity (Wildman–Crippen MR) is 20.0 cm³/mol. The van der Waals surface area contributed by atoms with Crippen LogP contribution in [0.2, 0.25) is 0 Å². The van der Waals surface area contributed by atoms with Crippen molar-refractivity contribution in [3.05, 3.63) is 0 Å². The molecule has 0 radical (unpaired) electrons. The minimum Gasteiger partial charge on any atom is -0.333 e. The van der Waals surface area contributed by atoms with Crippen molar-refractivity contribution in [1.29, 1.82) is 0 Å². The average Bonchev–Trinajstić information content (AvgIpc) is 1.50. The summed E-state index contributed by atoms with van der Waals surface area (Å²) < 4.78 is 0. The molecule has 4 heavy (non-hydrogen) atoms. The third-order valence-corrected chi connectivity index (χ3v) is 0. The van der Waals surface area contributed by atoms with Crippen molar-refractivity contribution < 1.29 is 0 Å². The molecule has 0 aromatic rings. The van der Waals surface area contributed by atoms with Crippen molar-refractivity contribution in [2.45, 2.75) is 0 Å². The summed E-state index contributed by atoms with van der Waals surface area (Å²) in [5, 5.41) is 0. The van der Waals surface area contributed by atoms with Crippen molar-refractivity contribution in [1.82, 2.24) is 0 Å². The fourth-order valence-electron chi connectivity index (χ4n) is 0. The van der Waals surface area contributed by atoms with Crippen LogP contribution in [-0.2, 0) is 0 Å². The molecule has 0 heterocycles. The van der Waals surface area contributed by atoms with Gasteiger partial charge in [-0.15, -0.1) is 12.8 Å². The second-order valence-electron chi connectivity index (χ2n) is 0. The first kappa shape index (κ1) is 9.68. The van der Waals surface area contributed by atoms with Gasteiger partial charge in [0.15, 0.2) is 0 Å². The second-order valence-corrected chi connectivity index (χ2v) is 0. The zero-order valence-corrected chi connectivity index (χ0v) is 2.73. The van der Waals surface area contributed by atoms with Crippen molar-refractivity contribution >= 4 is 0 Å². The third kappa shape index (κ3) is 1.78. The smallest absolute Gasteiger partial charge is 0.0195 e. The van der Waals surface area contributed by atoms with Gasteiger partial charge in [0.1, 0.15) is 0 Å². The maximum absolute atomic E-state index is 4.50. The van der Waals surface area contributed by atoms with E-state index in [4.69, 9.17) is 0 Å². The summed E-state index contributed by atoms with van der Waals surface area (Å²) >= 11 is 0. The van der Waals surface area contributed by atoms with Crippen LogP contribution < -0.4 is 5.73 Å². The van der Waals surface area contributed by atoms with Gasteiger partial charge in [0.05, 0.1) is 0 Å². The lowest BCUT2D eigenvalue weighted by molar-refractivity contribution is 1.48. The fourth-order valence-corrected chi connectivity index (χ4v) is 0. The van der Waals surface area contributed by atoms with Gasteiger partial charge in [-0.25, -0.2) is 0 Å². The summed E-state index contributed by atoms with van der Waals surface area (Å²) in [6.45, 7) is 0. The summed E-state index contributed by atoms with van der Waals surface area (Å²) in [6.07, 6.45) is 8.00. The number of rotatable bonds is 0. The van der Waals surface area contributed by atoms with Crippen LogP contribution in [0, 0.1) is 12.8 Å². The number of nitrogens with two attached hydrogens (primary N) is 1. The molecular formula is C3H7N. The molecule has 0 rings (SSSR count). The lowest BCUT2D eigenvalue weighted by atomic mass is 11.4. The minimum absolute atomic E-state index is 1.50. The molecule has 0 aliphatic heterocycles. The first-order valence-electron chi connectivity index (χ1n) is 0.911. The topological polar surface area (TPSA) is 26.0 Å². The SMILES string of the molecule is C#C.CN. The number of terminal acetylenes is 1. The summed E-state index contributed by atoms with van der Waals surface area (Å²) in [7, 11) is 1.50. The molecule has 0 aliphatic rings. The van der Waals surface area contributed by atoms with Crippen LogP contribution in [0.3, 0.4) is 0 Å². The molecule has 24 valence electrons. The van der Waals surface area contributed by atoms with E-state index < -0.39 is 0 Å². The molecule has 0 fully saturated rings. The molecule has 0 atom stereocenters.